The van der Waals surface area contributed by atoms with E-state index in [1.807, 2.05) is 13.0 Å². The van der Waals surface area contributed by atoms with Crippen molar-refractivity contribution in [3.05, 3.63) is 29.3 Å². The minimum Gasteiger partial charge on any atom is -0.507 e. The summed E-state index contributed by atoms with van der Waals surface area (Å²) in [4.78, 5) is 0. The van der Waals surface area contributed by atoms with E-state index in [0.717, 1.165) is 49.7 Å². The van der Waals surface area contributed by atoms with Gasteiger partial charge in [-0.15, -0.1) is 0 Å². The number of hydrogen-bond donors (Lipinski definition) is 2. The van der Waals surface area contributed by atoms with E-state index in [0.29, 0.717) is 5.75 Å². The average Bonchev–Trinajstić information content (AvgIpc) is 2.37. The summed E-state index contributed by atoms with van der Waals surface area (Å²) in [5, 5.41) is 10.2. The zero-order valence-corrected chi connectivity index (χ0v) is 11.9. The fourth-order valence-corrected chi connectivity index (χ4v) is 2.36. The second kappa shape index (κ2) is 6.79. The first-order chi connectivity index (χ1) is 8.55. The molecule has 2 nitrogen and oxygen atoms in total. The summed E-state index contributed by atoms with van der Waals surface area (Å²) in [5.74, 6) is 0.350. The topological polar surface area (TPSA) is 46.2 Å². The van der Waals surface area contributed by atoms with Gasteiger partial charge in [-0.1, -0.05) is 39.5 Å². The Kier molecular flexibility index (Phi) is 5.67. The van der Waals surface area contributed by atoms with E-state index in [9.17, 15) is 5.11 Å². The van der Waals surface area contributed by atoms with Crippen molar-refractivity contribution >= 4 is 0 Å². The summed E-state index contributed by atoms with van der Waals surface area (Å²) >= 11 is 0. The Morgan fingerprint density at radius 1 is 1.17 bits per heavy atom. The zero-order valence-electron chi connectivity index (χ0n) is 11.9. The van der Waals surface area contributed by atoms with Gasteiger partial charge in [-0.05, 0) is 43.5 Å². The Morgan fingerprint density at radius 3 is 2.22 bits per heavy atom. The maximum absolute atomic E-state index is 10.2. The maximum Gasteiger partial charge on any atom is 0.123 e. The highest BCUT2D eigenvalue weighted by Crippen LogP contribution is 2.36. The smallest absolute Gasteiger partial charge is 0.123 e. The molecule has 101 valence electrons. The highest BCUT2D eigenvalue weighted by atomic mass is 16.3. The van der Waals surface area contributed by atoms with Crippen LogP contribution in [0.5, 0.6) is 5.75 Å². The molecule has 0 aliphatic rings. The Labute approximate surface area is 111 Å². The number of phenolic OH excluding ortho intramolecular Hbond substituents is 1. The van der Waals surface area contributed by atoms with Crippen LogP contribution in [0.15, 0.2) is 12.1 Å². The van der Waals surface area contributed by atoms with Gasteiger partial charge in [0.05, 0.1) is 0 Å². The number of rotatable bonds is 7. The summed E-state index contributed by atoms with van der Waals surface area (Å²) in [6.45, 7) is 6.24. The van der Waals surface area contributed by atoms with Gasteiger partial charge in [-0.25, -0.2) is 0 Å². The lowest BCUT2D eigenvalue weighted by atomic mass is 9.80. The standard InChI is InChI=1S/C16H26NO/c1-4-6-11-16(17,12-7-5-2)14-10-8-9-13(3)15(14)18/h9-10,18H,4-7,11-12,17H2,1-3H3. The van der Waals surface area contributed by atoms with Crippen LogP contribution < -0.4 is 5.73 Å². The van der Waals surface area contributed by atoms with E-state index in [1.54, 1.807) is 6.07 Å². The number of aromatic hydroxyl groups is 1. The molecule has 0 heterocycles. The van der Waals surface area contributed by atoms with Crippen LogP contribution in [0.25, 0.3) is 0 Å². The van der Waals surface area contributed by atoms with E-state index in [4.69, 9.17) is 5.73 Å². The third-order valence-electron chi connectivity index (χ3n) is 3.65. The lowest BCUT2D eigenvalue weighted by Gasteiger charge is -2.31. The molecule has 0 bridgehead atoms. The molecule has 0 aliphatic heterocycles. The van der Waals surface area contributed by atoms with Crippen LogP contribution in [0, 0.1) is 13.0 Å². The molecule has 1 rings (SSSR count). The molecular weight excluding hydrogens is 222 g/mol. The number of aryl methyl sites for hydroxylation is 1. The van der Waals surface area contributed by atoms with E-state index in [1.165, 1.54) is 0 Å². The highest BCUT2D eigenvalue weighted by Gasteiger charge is 2.29. The van der Waals surface area contributed by atoms with Crippen molar-refractivity contribution in [1.29, 1.82) is 0 Å². The minimum absolute atomic E-state index is 0.350. The van der Waals surface area contributed by atoms with Gasteiger partial charge >= 0.3 is 0 Å². The van der Waals surface area contributed by atoms with Crippen molar-refractivity contribution in [2.75, 3.05) is 0 Å². The van der Waals surface area contributed by atoms with Crippen LogP contribution in [0.4, 0.5) is 0 Å². The molecule has 2 heteroatoms. The van der Waals surface area contributed by atoms with Crippen LogP contribution in [-0.4, -0.2) is 5.11 Å². The molecule has 0 saturated carbocycles. The Balaban J connectivity index is 3.03. The molecule has 0 amide bonds. The van der Waals surface area contributed by atoms with E-state index in [-0.39, 0.29) is 0 Å². The Hall–Kier alpha value is -1.02. The van der Waals surface area contributed by atoms with E-state index < -0.39 is 5.54 Å². The van der Waals surface area contributed by atoms with Crippen LogP contribution in [0.2, 0.25) is 0 Å². The van der Waals surface area contributed by atoms with Crippen molar-refractivity contribution in [3.8, 4) is 5.75 Å². The number of nitrogens with two attached hydrogens (primary N) is 1. The number of benzene rings is 1. The Morgan fingerprint density at radius 2 is 1.72 bits per heavy atom. The van der Waals surface area contributed by atoms with Gasteiger partial charge in [0.15, 0.2) is 0 Å². The molecule has 0 atom stereocenters. The molecule has 18 heavy (non-hydrogen) atoms. The molecule has 0 saturated heterocycles. The van der Waals surface area contributed by atoms with E-state index in [2.05, 4.69) is 19.9 Å². The van der Waals surface area contributed by atoms with Crippen molar-refractivity contribution < 1.29 is 5.11 Å². The van der Waals surface area contributed by atoms with E-state index >= 15 is 0 Å². The minimum atomic E-state index is -0.404. The molecule has 0 fully saturated rings. The van der Waals surface area contributed by atoms with Gasteiger partial charge < -0.3 is 10.8 Å². The largest absolute Gasteiger partial charge is 0.507 e. The number of hydrogen-bond acceptors (Lipinski definition) is 2. The lowest BCUT2D eigenvalue weighted by molar-refractivity contribution is 0.336. The molecule has 3 N–H and O–H groups in total. The molecule has 1 aromatic carbocycles. The van der Waals surface area contributed by atoms with Crippen LogP contribution in [0.1, 0.15) is 63.5 Å². The van der Waals surface area contributed by atoms with Gasteiger partial charge in [0, 0.05) is 11.1 Å². The van der Waals surface area contributed by atoms with Crippen molar-refractivity contribution in [1.82, 2.24) is 0 Å². The summed E-state index contributed by atoms with van der Waals surface area (Å²) < 4.78 is 0. The second-order valence-corrected chi connectivity index (χ2v) is 5.26. The Bertz CT molecular complexity index is 365. The SMILES string of the molecule is CCCCC(N)(CCCC)c1c[c]cc(C)c1O. The highest BCUT2D eigenvalue weighted by molar-refractivity contribution is 5.43. The third kappa shape index (κ3) is 3.49. The predicted molar refractivity (Wildman–Crippen MR) is 76.6 cm³/mol. The lowest BCUT2D eigenvalue weighted by Crippen LogP contribution is -2.36. The zero-order chi connectivity index (χ0) is 13.6. The fourth-order valence-electron chi connectivity index (χ4n) is 2.36. The molecule has 1 radical (unpaired) electrons. The number of unbranched alkanes of at least 4 members (excludes halogenated alkanes) is 2. The molecule has 0 aliphatic carbocycles. The van der Waals surface area contributed by atoms with Gasteiger partial charge in [-0.2, -0.15) is 0 Å². The summed E-state index contributed by atoms with van der Waals surface area (Å²) in [5.41, 5.74) is 7.90. The molecule has 0 unspecified atom stereocenters. The van der Waals surface area contributed by atoms with Crippen molar-refractivity contribution in [2.24, 2.45) is 5.73 Å². The molecular formula is C16H26NO. The second-order valence-electron chi connectivity index (χ2n) is 5.26. The first-order valence-electron chi connectivity index (χ1n) is 7.04. The predicted octanol–water partition coefficient (Wildman–Crippen LogP) is 4.04. The summed E-state index contributed by atoms with van der Waals surface area (Å²) in [6.07, 6.45) is 6.28. The fraction of sp³-hybridized carbons (Fsp3) is 0.625. The average molecular weight is 248 g/mol. The van der Waals surface area contributed by atoms with Crippen LogP contribution in [0.3, 0.4) is 0 Å². The van der Waals surface area contributed by atoms with Gasteiger partial charge in [-0.3, -0.25) is 0 Å². The van der Waals surface area contributed by atoms with Crippen LogP contribution in [-0.2, 0) is 5.54 Å². The van der Waals surface area contributed by atoms with Crippen molar-refractivity contribution in [3.63, 3.8) is 0 Å². The summed E-state index contributed by atoms with van der Waals surface area (Å²) in [7, 11) is 0. The normalized spacial score (nSPS) is 11.8. The first kappa shape index (κ1) is 15.0. The third-order valence-corrected chi connectivity index (χ3v) is 3.65. The van der Waals surface area contributed by atoms with Gasteiger partial charge in [0.25, 0.3) is 0 Å². The molecule has 0 spiro atoms. The van der Waals surface area contributed by atoms with Gasteiger partial charge in [0.2, 0.25) is 0 Å². The maximum atomic E-state index is 10.2. The quantitative estimate of drug-likeness (QED) is 0.765. The monoisotopic (exact) mass is 248 g/mol. The van der Waals surface area contributed by atoms with Crippen LogP contribution >= 0.6 is 0 Å². The summed E-state index contributed by atoms with van der Waals surface area (Å²) in [6, 6.07) is 6.75. The number of phenols is 1. The molecule has 0 aromatic heterocycles. The van der Waals surface area contributed by atoms with Crippen molar-refractivity contribution in [2.45, 2.75) is 64.8 Å². The van der Waals surface area contributed by atoms with Gasteiger partial charge in [0.1, 0.15) is 5.75 Å². The molecule has 1 aromatic rings. The first-order valence-corrected chi connectivity index (χ1v) is 7.04.